The maximum atomic E-state index is 13.4. The van der Waals surface area contributed by atoms with Gasteiger partial charge in [0.25, 0.3) is 0 Å². The number of aromatic nitrogens is 1. The molecule has 8 rings (SSSR count). The van der Waals surface area contributed by atoms with E-state index in [1.165, 1.54) is 19.6 Å². The van der Waals surface area contributed by atoms with Crippen LogP contribution in [0.1, 0.15) is 5.56 Å². The van der Waals surface area contributed by atoms with E-state index in [-0.39, 0.29) is 5.43 Å². The highest BCUT2D eigenvalue weighted by atomic mass is 32.3. The predicted molar refractivity (Wildman–Crippen MR) is 183 cm³/mol. The highest BCUT2D eigenvalue weighted by Crippen LogP contribution is 2.79. The van der Waals surface area contributed by atoms with E-state index >= 15 is 0 Å². The molecule has 1 aliphatic rings. The van der Waals surface area contributed by atoms with Crippen LogP contribution < -0.4 is 10.3 Å². The number of benzene rings is 6. The summed E-state index contributed by atoms with van der Waals surface area (Å²) in [6.07, 6.45) is 1.96. The van der Waals surface area contributed by atoms with Gasteiger partial charge in [-0.3, -0.25) is 4.79 Å². The summed E-state index contributed by atoms with van der Waals surface area (Å²) in [5.74, 6) is 0. The van der Waals surface area contributed by atoms with Gasteiger partial charge in [0.2, 0.25) is 0 Å². The largest absolute Gasteiger partial charge is 0.316 e. The summed E-state index contributed by atoms with van der Waals surface area (Å²) < 4.78 is 2.14. The number of hydrogen-bond donors (Lipinski definition) is 0. The molecular formula is C40H30N2OS. The van der Waals surface area contributed by atoms with Crippen molar-refractivity contribution in [3.63, 3.8) is 0 Å². The first-order valence-electron chi connectivity index (χ1n) is 14.8. The van der Waals surface area contributed by atoms with E-state index in [0.717, 1.165) is 33.8 Å². The van der Waals surface area contributed by atoms with Gasteiger partial charge in [0.1, 0.15) is 0 Å². The molecule has 4 heteroatoms. The molecular weight excluding hydrogens is 557 g/mol. The molecule has 3 nitrogen and oxygen atoms in total. The standard InChI is InChI=1S/C40H30N2OS/c1-29-28-41(30-15-5-2-6-16-30)37-27-31(25-26-34(37)40(29)43)42-35-21-11-13-23-38(35)44(32-17-7-3-8-18-32,33-19-9-4-10-20-33)39-24-14-12-22-36(39)42/h2-28H,1H3. The molecule has 44 heavy (non-hydrogen) atoms. The van der Waals surface area contributed by atoms with E-state index < -0.39 is 10.0 Å². The fourth-order valence-electron chi connectivity index (χ4n) is 6.61. The van der Waals surface area contributed by atoms with Crippen molar-refractivity contribution in [2.75, 3.05) is 4.90 Å². The molecule has 212 valence electrons. The summed E-state index contributed by atoms with van der Waals surface area (Å²) in [5.41, 5.74) is 6.00. The molecule has 0 unspecified atom stereocenters. The summed E-state index contributed by atoms with van der Waals surface area (Å²) >= 11 is 0. The maximum Gasteiger partial charge on any atom is 0.192 e. The maximum absolute atomic E-state index is 13.4. The fourth-order valence-corrected chi connectivity index (χ4v) is 10.8. The summed E-state index contributed by atoms with van der Waals surface area (Å²) in [6, 6.07) is 56.1. The van der Waals surface area contributed by atoms with Gasteiger partial charge in [-0.15, -0.1) is 10.0 Å². The van der Waals surface area contributed by atoms with E-state index in [1.807, 2.05) is 37.4 Å². The van der Waals surface area contributed by atoms with E-state index in [9.17, 15) is 4.79 Å². The van der Waals surface area contributed by atoms with E-state index in [1.54, 1.807) is 0 Å². The van der Waals surface area contributed by atoms with Crippen molar-refractivity contribution in [2.24, 2.45) is 0 Å². The van der Waals surface area contributed by atoms with Crippen LogP contribution in [0, 0.1) is 6.92 Å². The van der Waals surface area contributed by atoms with Gasteiger partial charge in [0.05, 0.1) is 16.9 Å². The summed E-state index contributed by atoms with van der Waals surface area (Å²) in [4.78, 5) is 20.9. The summed E-state index contributed by atoms with van der Waals surface area (Å²) in [5, 5.41) is 0.713. The topological polar surface area (TPSA) is 25.2 Å². The van der Waals surface area contributed by atoms with Crippen LogP contribution in [0.4, 0.5) is 17.1 Å². The lowest BCUT2D eigenvalue weighted by Gasteiger charge is -2.49. The lowest BCUT2D eigenvalue weighted by Crippen LogP contribution is -2.22. The SMILES string of the molecule is Cc1cn(-c2ccccc2)c2cc(N3c4ccccc4S(c4ccccc4)(c4ccccc4)c4ccccc43)ccc2c1=O. The highest BCUT2D eigenvalue weighted by molar-refractivity contribution is 8.34. The third-order valence-corrected chi connectivity index (χ3v) is 12.5. The van der Waals surface area contributed by atoms with Crippen molar-refractivity contribution in [3.05, 3.63) is 180 Å². The third-order valence-electron chi connectivity index (χ3n) is 8.52. The minimum absolute atomic E-state index is 0.0646. The molecule has 1 aliphatic heterocycles. The van der Waals surface area contributed by atoms with Gasteiger partial charge in [-0.1, -0.05) is 78.9 Å². The van der Waals surface area contributed by atoms with Crippen LogP contribution >= 0.6 is 10.0 Å². The number of rotatable bonds is 4. The molecule has 0 spiro atoms. The molecule has 0 saturated heterocycles. The smallest absolute Gasteiger partial charge is 0.192 e. The Morgan fingerprint density at radius 3 is 1.59 bits per heavy atom. The van der Waals surface area contributed by atoms with E-state index in [4.69, 9.17) is 0 Å². The van der Waals surface area contributed by atoms with Crippen molar-refractivity contribution >= 4 is 38.0 Å². The number of para-hydroxylation sites is 3. The summed E-state index contributed by atoms with van der Waals surface area (Å²) in [6.45, 7) is 1.89. The van der Waals surface area contributed by atoms with Crippen LogP contribution in [0.5, 0.6) is 0 Å². The lowest BCUT2D eigenvalue weighted by molar-refractivity contribution is 1.07. The van der Waals surface area contributed by atoms with Crippen LogP contribution in [0.2, 0.25) is 0 Å². The molecule has 0 amide bonds. The number of fused-ring (bicyclic) bond motifs is 3. The van der Waals surface area contributed by atoms with E-state index in [2.05, 4.69) is 143 Å². The van der Waals surface area contributed by atoms with Gasteiger partial charge < -0.3 is 9.47 Å². The number of anilines is 3. The van der Waals surface area contributed by atoms with E-state index in [0.29, 0.717) is 5.39 Å². The Hall–Kier alpha value is -5.32. The molecule has 0 atom stereocenters. The fraction of sp³-hybridized carbons (Fsp3) is 0.0250. The molecule has 6 aromatic carbocycles. The first kappa shape index (κ1) is 26.3. The van der Waals surface area contributed by atoms with Crippen LogP contribution in [0.15, 0.2) is 188 Å². The zero-order valence-electron chi connectivity index (χ0n) is 24.3. The minimum atomic E-state index is -1.82. The van der Waals surface area contributed by atoms with Gasteiger partial charge in [-0.2, -0.15) is 0 Å². The normalized spacial score (nSPS) is 14.1. The molecule has 2 heterocycles. The molecule has 1 aromatic heterocycles. The average molecular weight is 587 g/mol. The van der Waals surface area contributed by atoms with Crippen molar-refractivity contribution in [3.8, 4) is 5.69 Å². The molecule has 0 radical (unpaired) electrons. The molecule has 0 N–H and O–H groups in total. The second-order valence-corrected chi connectivity index (χ2v) is 14.1. The monoisotopic (exact) mass is 586 g/mol. The number of nitrogens with zero attached hydrogens (tertiary/aromatic N) is 2. The Kier molecular flexibility index (Phi) is 6.25. The van der Waals surface area contributed by atoms with Gasteiger partial charge in [0.15, 0.2) is 5.43 Å². The van der Waals surface area contributed by atoms with Gasteiger partial charge >= 0.3 is 0 Å². The number of aryl methyl sites for hydroxylation is 1. The second-order valence-electron chi connectivity index (χ2n) is 11.1. The first-order chi connectivity index (χ1) is 21.7. The molecule has 0 saturated carbocycles. The number of hydrogen-bond acceptors (Lipinski definition) is 2. The van der Waals surface area contributed by atoms with Crippen molar-refractivity contribution < 1.29 is 0 Å². The Morgan fingerprint density at radius 1 is 0.523 bits per heavy atom. The minimum Gasteiger partial charge on any atom is -0.316 e. The van der Waals surface area contributed by atoms with Crippen molar-refractivity contribution in [2.45, 2.75) is 26.5 Å². The highest BCUT2D eigenvalue weighted by Gasteiger charge is 2.42. The third kappa shape index (κ3) is 3.88. The lowest BCUT2D eigenvalue weighted by atomic mass is 10.1. The molecule has 0 aliphatic carbocycles. The predicted octanol–water partition coefficient (Wildman–Crippen LogP) is 10.4. The quantitative estimate of drug-likeness (QED) is 0.205. The Labute approximate surface area is 258 Å². The molecule has 7 aromatic rings. The van der Waals surface area contributed by atoms with Gasteiger partial charge in [-0.05, 0) is 85.8 Å². The molecule has 0 fully saturated rings. The molecule has 0 bridgehead atoms. The first-order valence-corrected chi connectivity index (χ1v) is 16.4. The Balaban J connectivity index is 1.45. The van der Waals surface area contributed by atoms with Gasteiger partial charge in [0, 0.05) is 48.1 Å². The average Bonchev–Trinajstić information content (AvgIpc) is 3.10. The van der Waals surface area contributed by atoms with Crippen LogP contribution in [-0.2, 0) is 0 Å². The van der Waals surface area contributed by atoms with Crippen LogP contribution in [0.25, 0.3) is 16.6 Å². The zero-order valence-corrected chi connectivity index (χ0v) is 25.1. The van der Waals surface area contributed by atoms with Crippen molar-refractivity contribution in [1.82, 2.24) is 4.57 Å². The second kappa shape index (κ2) is 10.4. The summed E-state index contributed by atoms with van der Waals surface area (Å²) in [7, 11) is -1.82. The zero-order chi connectivity index (χ0) is 29.7. The van der Waals surface area contributed by atoms with Crippen LogP contribution in [0.3, 0.4) is 0 Å². The number of pyridine rings is 1. The van der Waals surface area contributed by atoms with Gasteiger partial charge in [-0.25, -0.2) is 0 Å². The van der Waals surface area contributed by atoms with Crippen LogP contribution in [-0.4, -0.2) is 4.57 Å². The van der Waals surface area contributed by atoms with Crippen molar-refractivity contribution in [1.29, 1.82) is 0 Å². The Bertz CT molecular complexity index is 2120. The Morgan fingerprint density at radius 2 is 1.02 bits per heavy atom.